The fraction of sp³-hybridized carbons (Fsp3) is 0.529. The average molecular weight is 289 g/mol. The SMILES string of the molecule is COC(=O)C(C)C[C@H]1CC(=O)N(CCc2ccccc2)C1. The van der Waals surface area contributed by atoms with Gasteiger partial charge in [-0.2, -0.15) is 0 Å². The van der Waals surface area contributed by atoms with Crippen LogP contribution in [0.5, 0.6) is 0 Å². The van der Waals surface area contributed by atoms with E-state index in [1.807, 2.05) is 30.0 Å². The van der Waals surface area contributed by atoms with Gasteiger partial charge >= 0.3 is 5.97 Å². The van der Waals surface area contributed by atoms with Gasteiger partial charge in [0.2, 0.25) is 5.91 Å². The molecule has 0 N–H and O–H groups in total. The van der Waals surface area contributed by atoms with E-state index in [1.54, 1.807) is 0 Å². The summed E-state index contributed by atoms with van der Waals surface area (Å²) in [5.41, 5.74) is 1.25. The van der Waals surface area contributed by atoms with Crippen LogP contribution < -0.4 is 0 Å². The molecule has 114 valence electrons. The monoisotopic (exact) mass is 289 g/mol. The molecule has 4 heteroatoms. The summed E-state index contributed by atoms with van der Waals surface area (Å²) in [5.74, 6) is 0.141. The Morgan fingerprint density at radius 3 is 2.76 bits per heavy atom. The second kappa shape index (κ2) is 7.25. The lowest BCUT2D eigenvalue weighted by Gasteiger charge is -2.17. The molecule has 1 heterocycles. The number of rotatable bonds is 6. The molecule has 1 aliphatic rings. The standard InChI is InChI=1S/C17H23NO3/c1-13(17(20)21-2)10-15-11-16(19)18(12-15)9-8-14-6-4-3-5-7-14/h3-7,13,15H,8-12H2,1-2H3/t13?,15-/m0/s1. The Hall–Kier alpha value is -1.84. The van der Waals surface area contributed by atoms with Gasteiger partial charge in [-0.1, -0.05) is 37.3 Å². The number of ether oxygens (including phenoxy) is 1. The van der Waals surface area contributed by atoms with Crippen molar-refractivity contribution in [3.8, 4) is 0 Å². The van der Waals surface area contributed by atoms with Crippen LogP contribution in [0.15, 0.2) is 30.3 Å². The molecule has 21 heavy (non-hydrogen) atoms. The largest absolute Gasteiger partial charge is 0.469 e. The highest BCUT2D eigenvalue weighted by molar-refractivity contribution is 5.79. The van der Waals surface area contributed by atoms with E-state index in [0.717, 1.165) is 25.9 Å². The molecule has 0 saturated carbocycles. The smallest absolute Gasteiger partial charge is 0.308 e. The summed E-state index contributed by atoms with van der Waals surface area (Å²) in [5, 5.41) is 0. The fourth-order valence-electron chi connectivity index (χ4n) is 2.93. The van der Waals surface area contributed by atoms with Gasteiger partial charge in [-0.25, -0.2) is 0 Å². The molecule has 1 fully saturated rings. The number of carbonyl (C=O) groups is 2. The quantitative estimate of drug-likeness (QED) is 0.755. The first kappa shape index (κ1) is 15.5. The van der Waals surface area contributed by atoms with E-state index in [9.17, 15) is 9.59 Å². The van der Waals surface area contributed by atoms with Gasteiger partial charge in [-0.05, 0) is 24.3 Å². The van der Waals surface area contributed by atoms with Crippen LogP contribution in [0.4, 0.5) is 0 Å². The molecular formula is C17H23NO3. The molecule has 1 aliphatic heterocycles. The van der Waals surface area contributed by atoms with E-state index in [2.05, 4.69) is 12.1 Å². The van der Waals surface area contributed by atoms with E-state index < -0.39 is 0 Å². The summed E-state index contributed by atoms with van der Waals surface area (Å²) in [4.78, 5) is 25.4. The molecule has 0 radical (unpaired) electrons. The van der Waals surface area contributed by atoms with Gasteiger partial charge in [0.15, 0.2) is 0 Å². The number of hydrogen-bond donors (Lipinski definition) is 0. The van der Waals surface area contributed by atoms with Crippen LogP contribution in [-0.4, -0.2) is 37.0 Å². The van der Waals surface area contributed by atoms with Crippen molar-refractivity contribution in [2.45, 2.75) is 26.2 Å². The third-order valence-corrected chi connectivity index (χ3v) is 4.10. The van der Waals surface area contributed by atoms with E-state index in [-0.39, 0.29) is 23.7 Å². The maximum absolute atomic E-state index is 12.0. The average Bonchev–Trinajstić information content (AvgIpc) is 2.85. The van der Waals surface area contributed by atoms with Crippen molar-refractivity contribution in [2.24, 2.45) is 11.8 Å². The van der Waals surface area contributed by atoms with Crippen LogP contribution in [-0.2, 0) is 20.7 Å². The summed E-state index contributed by atoms with van der Waals surface area (Å²) >= 11 is 0. The second-order valence-electron chi connectivity index (χ2n) is 5.81. The van der Waals surface area contributed by atoms with Gasteiger partial charge in [0.25, 0.3) is 0 Å². The zero-order valence-electron chi connectivity index (χ0n) is 12.7. The maximum Gasteiger partial charge on any atom is 0.308 e. The molecule has 1 saturated heterocycles. The van der Waals surface area contributed by atoms with Crippen molar-refractivity contribution in [2.75, 3.05) is 20.2 Å². The van der Waals surface area contributed by atoms with E-state index in [4.69, 9.17) is 4.74 Å². The highest BCUT2D eigenvalue weighted by Gasteiger charge is 2.31. The van der Waals surface area contributed by atoms with Crippen molar-refractivity contribution < 1.29 is 14.3 Å². The lowest BCUT2D eigenvalue weighted by atomic mass is 9.95. The Balaban J connectivity index is 1.81. The predicted octanol–water partition coefficient (Wildman–Crippen LogP) is 2.28. The van der Waals surface area contributed by atoms with Crippen LogP contribution in [0, 0.1) is 11.8 Å². The first-order valence-corrected chi connectivity index (χ1v) is 7.49. The minimum absolute atomic E-state index is 0.137. The Morgan fingerprint density at radius 2 is 2.10 bits per heavy atom. The first-order chi connectivity index (χ1) is 10.1. The molecular weight excluding hydrogens is 266 g/mol. The van der Waals surface area contributed by atoms with Crippen LogP contribution in [0.1, 0.15) is 25.3 Å². The molecule has 0 aliphatic carbocycles. The van der Waals surface area contributed by atoms with Crippen molar-refractivity contribution in [1.82, 2.24) is 4.90 Å². The zero-order chi connectivity index (χ0) is 15.2. The minimum atomic E-state index is -0.190. The number of nitrogens with zero attached hydrogens (tertiary/aromatic N) is 1. The van der Waals surface area contributed by atoms with Gasteiger partial charge in [0.1, 0.15) is 0 Å². The molecule has 1 amide bonds. The summed E-state index contributed by atoms with van der Waals surface area (Å²) in [7, 11) is 1.41. The topological polar surface area (TPSA) is 46.6 Å². The lowest BCUT2D eigenvalue weighted by molar-refractivity contribution is -0.145. The number of hydrogen-bond acceptors (Lipinski definition) is 3. The van der Waals surface area contributed by atoms with Crippen molar-refractivity contribution in [3.63, 3.8) is 0 Å². The molecule has 2 rings (SSSR count). The molecule has 2 atom stereocenters. The van der Waals surface area contributed by atoms with Gasteiger partial charge in [-0.3, -0.25) is 9.59 Å². The second-order valence-corrected chi connectivity index (χ2v) is 5.81. The number of methoxy groups -OCH3 is 1. The molecule has 0 spiro atoms. The summed E-state index contributed by atoms with van der Waals surface area (Å²) < 4.78 is 4.74. The number of benzene rings is 1. The van der Waals surface area contributed by atoms with E-state index >= 15 is 0 Å². The predicted molar refractivity (Wildman–Crippen MR) is 80.6 cm³/mol. The third kappa shape index (κ3) is 4.31. The number of carbonyl (C=O) groups excluding carboxylic acids is 2. The molecule has 0 bridgehead atoms. The minimum Gasteiger partial charge on any atom is -0.469 e. The Labute approximate surface area is 126 Å². The summed E-state index contributed by atoms with van der Waals surface area (Å²) in [6, 6.07) is 10.2. The third-order valence-electron chi connectivity index (χ3n) is 4.10. The van der Waals surface area contributed by atoms with E-state index in [1.165, 1.54) is 12.7 Å². The number of amides is 1. The van der Waals surface area contributed by atoms with Crippen molar-refractivity contribution in [1.29, 1.82) is 0 Å². The normalized spacial score (nSPS) is 19.6. The highest BCUT2D eigenvalue weighted by Crippen LogP contribution is 2.25. The molecule has 4 nitrogen and oxygen atoms in total. The Kier molecular flexibility index (Phi) is 5.37. The highest BCUT2D eigenvalue weighted by atomic mass is 16.5. The number of likely N-dealkylation sites (tertiary alicyclic amines) is 1. The first-order valence-electron chi connectivity index (χ1n) is 7.49. The summed E-state index contributed by atoms with van der Waals surface area (Å²) in [6.07, 6.45) is 2.15. The maximum atomic E-state index is 12.0. The van der Waals surface area contributed by atoms with Gasteiger partial charge in [0.05, 0.1) is 13.0 Å². The van der Waals surface area contributed by atoms with Gasteiger partial charge in [-0.15, -0.1) is 0 Å². The summed E-state index contributed by atoms with van der Waals surface area (Å²) in [6.45, 7) is 3.38. The lowest BCUT2D eigenvalue weighted by Crippen LogP contribution is -2.28. The Morgan fingerprint density at radius 1 is 1.38 bits per heavy atom. The molecule has 1 unspecified atom stereocenters. The van der Waals surface area contributed by atoms with E-state index in [0.29, 0.717) is 6.42 Å². The van der Waals surface area contributed by atoms with Crippen LogP contribution >= 0.6 is 0 Å². The van der Waals surface area contributed by atoms with Gasteiger partial charge < -0.3 is 9.64 Å². The molecule has 1 aromatic rings. The van der Waals surface area contributed by atoms with Crippen molar-refractivity contribution >= 4 is 11.9 Å². The van der Waals surface area contributed by atoms with Crippen LogP contribution in [0.25, 0.3) is 0 Å². The van der Waals surface area contributed by atoms with Gasteiger partial charge in [0, 0.05) is 19.5 Å². The number of esters is 1. The zero-order valence-corrected chi connectivity index (χ0v) is 12.7. The molecule has 1 aromatic carbocycles. The van der Waals surface area contributed by atoms with Crippen molar-refractivity contribution in [3.05, 3.63) is 35.9 Å². The van der Waals surface area contributed by atoms with Crippen LogP contribution in [0.2, 0.25) is 0 Å². The molecule has 0 aromatic heterocycles. The Bertz CT molecular complexity index is 486. The fourth-order valence-corrected chi connectivity index (χ4v) is 2.93. The van der Waals surface area contributed by atoms with Crippen LogP contribution in [0.3, 0.4) is 0 Å².